The lowest BCUT2D eigenvalue weighted by molar-refractivity contribution is -0.144. The second kappa shape index (κ2) is 6.53. The third-order valence-electron chi connectivity index (χ3n) is 4.42. The van der Waals surface area contributed by atoms with E-state index in [1.54, 1.807) is 0 Å². The number of aliphatic carboxylic acids is 1. The Morgan fingerprint density at radius 3 is 2.56 bits per heavy atom. The summed E-state index contributed by atoms with van der Waals surface area (Å²) in [5, 5.41) is 9.13. The molecular formula is C14H26N2O2. The summed E-state index contributed by atoms with van der Waals surface area (Å²) in [5.41, 5.74) is 0. The molecule has 0 radical (unpaired) electrons. The standard InChI is InChI=1S/C14H26N2O2/c1-2-7-15-9-5-13(6-10-15)16-8-3-4-12(11-16)14(17)18/h12-13H,2-11H2,1H3,(H,17,18)/t12-/m0/s1. The molecule has 0 aromatic carbocycles. The Labute approximate surface area is 110 Å². The summed E-state index contributed by atoms with van der Waals surface area (Å²) in [7, 11) is 0. The molecule has 0 aliphatic carbocycles. The van der Waals surface area contributed by atoms with Crippen molar-refractivity contribution in [3.63, 3.8) is 0 Å². The van der Waals surface area contributed by atoms with Gasteiger partial charge in [-0.25, -0.2) is 0 Å². The van der Waals surface area contributed by atoms with Crippen molar-refractivity contribution < 1.29 is 9.90 Å². The highest BCUT2D eigenvalue weighted by atomic mass is 16.4. The Morgan fingerprint density at radius 2 is 1.94 bits per heavy atom. The smallest absolute Gasteiger partial charge is 0.307 e. The fraction of sp³-hybridized carbons (Fsp3) is 0.929. The van der Waals surface area contributed by atoms with Crippen LogP contribution in [0.25, 0.3) is 0 Å². The maximum Gasteiger partial charge on any atom is 0.307 e. The van der Waals surface area contributed by atoms with Gasteiger partial charge in [0.15, 0.2) is 0 Å². The number of nitrogens with zero attached hydrogens (tertiary/aromatic N) is 2. The first-order chi connectivity index (χ1) is 8.70. The summed E-state index contributed by atoms with van der Waals surface area (Å²) in [6.07, 6.45) is 5.57. The van der Waals surface area contributed by atoms with Crippen LogP contribution in [0.5, 0.6) is 0 Å². The van der Waals surface area contributed by atoms with Crippen molar-refractivity contribution in [3.05, 3.63) is 0 Å². The van der Waals surface area contributed by atoms with Crippen LogP contribution < -0.4 is 0 Å². The topological polar surface area (TPSA) is 43.8 Å². The molecule has 4 heteroatoms. The van der Waals surface area contributed by atoms with Crippen LogP contribution in [-0.4, -0.2) is 59.6 Å². The molecule has 2 aliphatic rings. The van der Waals surface area contributed by atoms with Crippen molar-refractivity contribution in [2.24, 2.45) is 5.92 Å². The third-order valence-corrected chi connectivity index (χ3v) is 4.42. The second-order valence-electron chi connectivity index (χ2n) is 5.75. The van der Waals surface area contributed by atoms with Gasteiger partial charge in [0.25, 0.3) is 0 Å². The number of hydrogen-bond donors (Lipinski definition) is 1. The molecule has 2 saturated heterocycles. The molecule has 0 saturated carbocycles. The van der Waals surface area contributed by atoms with Crippen LogP contribution >= 0.6 is 0 Å². The molecule has 104 valence electrons. The Kier molecular flexibility index (Phi) is 5.01. The predicted octanol–water partition coefficient (Wildman–Crippen LogP) is 1.66. The van der Waals surface area contributed by atoms with Crippen LogP contribution in [0.2, 0.25) is 0 Å². The lowest BCUT2D eigenvalue weighted by Gasteiger charge is -2.41. The maximum atomic E-state index is 11.1. The minimum Gasteiger partial charge on any atom is -0.481 e. The van der Waals surface area contributed by atoms with Gasteiger partial charge in [-0.1, -0.05) is 6.92 Å². The number of rotatable bonds is 4. The minimum absolute atomic E-state index is 0.132. The fourth-order valence-electron chi connectivity index (χ4n) is 3.36. The van der Waals surface area contributed by atoms with Crippen molar-refractivity contribution >= 4 is 5.97 Å². The van der Waals surface area contributed by atoms with E-state index in [4.69, 9.17) is 5.11 Å². The lowest BCUT2D eigenvalue weighted by atomic mass is 9.94. The molecule has 0 aromatic rings. The first kappa shape index (κ1) is 13.8. The highest BCUT2D eigenvalue weighted by molar-refractivity contribution is 5.70. The Hall–Kier alpha value is -0.610. The van der Waals surface area contributed by atoms with Gasteiger partial charge in [-0.2, -0.15) is 0 Å². The third kappa shape index (κ3) is 3.45. The van der Waals surface area contributed by atoms with E-state index in [0.717, 1.165) is 25.9 Å². The quantitative estimate of drug-likeness (QED) is 0.828. The fourth-order valence-corrected chi connectivity index (χ4v) is 3.36. The van der Waals surface area contributed by atoms with E-state index in [-0.39, 0.29) is 5.92 Å². The summed E-state index contributed by atoms with van der Waals surface area (Å²) in [5.74, 6) is -0.740. The number of likely N-dealkylation sites (tertiary alicyclic amines) is 2. The monoisotopic (exact) mass is 254 g/mol. The van der Waals surface area contributed by atoms with E-state index in [1.807, 2.05) is 0 Å². The van der Waals surface area contributed by atoms with Gasteiger partial charge < -0.3 is 10.0 Å². The molecule has 18 heavy (non-hydrogen) atoms. The molecule has 2 fully saturated rings. The molecule has 4 nitrogen and oxygen atoms in total. The van der Waals surface area contributed by atoms with Gasteiger partial charge in [0.1, 0.15) is 0 Å². The van der Waals surface area contributed by atoms with Crippen molar-refractivity contribution in [1.82, 2.24) is 9.80 Å². The summed E-state index contributed by atoms with van der Waals surface area (Å²) in [6.45, 7) is 7.69. The largest absolute Gasteiger partial charge is 0.481 e. The maximum absolute atomic E-state index is 11.1. The molecule has 0 bridgehead atoms. The molecule has 1 N–H and O–H groups in total. The summed E-state index contributed by atoms with van der Waals surface area (Å²) in [6, 6.07) is 0.625. The highest BCUT2D eigenvalue weighted by Gasteiger charge is 2.31. The zero-order valence-corrected chi connectivity index (χ0v) is 11.5. The van der Waals surface area contributed by atoms with E-state index in [2.05, 4.69) is 16.7 Å². The molecule has 1 atom stereocenters. The molecule has 2 aliphatic heterocycles. The SMILES string of the molecule is CCCN1CCC(N2CCC[C@H](C(=O)O)C2)CC1. The average molecular weight is 254 g/mol. The lowest BCUT2D eigenvalue weighted by Crippen LogP contribution is -2.49. The molecule has 0 amide bonds. The summed E-state index contributed by atoms with van der Waals surface area (Å²) >= 11 is 0. The van der Waals surface area contributed by atoms with Gasteiger partial charge in [0.2, 0.25) is 0 Å². The number of carboxylic acids is 1. The van der Waals surface area contributed by atoms with Crippen LogP contribution in [0.4, 0.5) is 0 Å². The van der Waals surface area contributed by atoms with Crippen molar-refractivity contribution in [2.75, 3.05) is 32.7 Å². The van der Waals surface area contributed by atoms with Crippen LogP contribution in [-0.2, 0) is 4.79 Å². The Balaban J connectivity index is 1.80. The van der Waals surface area contributed by atoms with Crippen LogP contribution in [0.3, 0.4) is 0 Å². The van der Waals surface area contributed by atoms with Crippen molar-refractivity contribution in [1.29, 1.82) is 0 Å². The molecular weight excluding hydrogens is 228 g/mol. The van der Waals surface area contributed by atoms with E-state index < -0.39 is 5.97 Å². The zero-order valence-electron chi connectivity index (χ0n) is 11.5. The predicted molar refractivity (Wildman–Crippen MR) is 71.7 cm³/mol. The normalized spacial score (nSPS) is 28.4. The van der Waals surface area contributed by atoms with Crippen LogP contribution in [0.15, 0.2) is 0 Å². The molecule has 2 rings (SSSR count). The van der Waals surface area contributed by atoms with Crippen molar-refractivity contribution in [3.8, 4) is 0 Å². The van der Waals surface area contributed by atoms with Gasteiger partial charge in [-0.3, -0.25) is 9.69 Å². The van der Waals surface area contributed by atoms with Gasteiger partial charge in [-0.15, -0.1) is 0 Å². The number of carboxylic acid groups (broad SMARTS) is 1. The number of carbonyl (C=O) groups is 1. The van der Waals surface area contributed by atoms with Gasteiger partial charge in [0, 0.05) is 12.6 Å². The second-order valence-corrected chi connectivity index (χ2v) is 5.75. The number of hydrogen-bond acceptors (Lipinski definition) is 3. The van der Waals surface area contributed by atoms with Crippen LogP contribution in [0, 0.1) is 5.92 Å². The molecule has 0 aromatic heterocycles. The average Bonchev–Trinajstić information content (AvgIpc) is 2.40. The van der Waals surface area contributed by atoms with Gasteiger partial charge in [-0.05, 0) is 58.3 Å². The first-order valence-corrected chi connectivity index (χ1v) is 7.40. The van der Waals surface area contributed by atoms with E-state index in [0.29, 0.717) is 6.04 Å². The minimum atomic E-state index is -0.608. The molecule has 0 spiro atoms. The number of piperidine rings is 2. The van der Waals surface area contributed by atoms with Crippen molar-refractivity contribution in [2.45, 2.75) is 45.1 Å². The summed E-state index contributed by atoms with van der Waals surface area (Å²) < 4.78 is 0. The first-order valence-electron chi connectivity index (χ1n) is 7.40. The Bertz CT molecular complexity index is 275. The molecule has 2 heterocycles. The highest BCUT2D eigenvalue weighted by Crippen LogP contribution is 2.24. The summed E-state index contributed by atoms with van der Waals surface area (Å²) in [4.78, 5) is 16.1. The van der Waals surface area contributed by atoms with Gasteiger partial charge >= 0.3 is 5.97 Å². The van der Waals surface area contributed by atoms with Crippen LogP contribution in [0.1, 0.15) is 39.0 Å². The zero-order chi connectivity index (χ0) is 13.0. The van der Waals surface area contributed by atoms with E-state index in [9.17, 15) is 4.79 Å². The van der Waals surface area contributed by atoms with E-state index in [1.165, 1.54) is 38.9 Å². The van der Waals surface area contributed by atoms with E-state index >= 15 is 0 Å². The Morgan fingerprint density at radius 1 is 1.22 bits per heavy atom. The molecule has 0 unspecified atom stereocenters. The van der Waals surface area contributed by atoms with Gasteiger partial charge in [0.05, 0.1) is 5.92 Å².